The average Bonchev–Trinajstić information content (AvgIpc) is 2.40. The van der Waals surface area contributed by atoms with Crippen LogP contribution in [-0.4, -0.2) is 16.6 Å². The van der Waals surface area contributed by atoms with E-state index in [0.717, 1.165) is 11.3 Å². The summed E-state index contributed by atoms with van der Waals surface area (Å²) in [4.78, 5) is 4.24. The van der Waals surface area contributed by atoms with Gasteiger partial charge in [-0.3, -0.25) is 4.98 Å². The molecule has 0 bridgehead atoms. The van der Waals surface area contributed by atoms with Crippen LogP contribution in [-0.2, 0) is 12.1 Å². The van der Waals surface area contributed by atoms with Gasteiger partial charge in [0.2, 0.25) is 0 Å². The van der Waals surface area contributed by atoms with Crippen molar-refractivity contribution in [2.75, 3.05) is 6.54 Å². The van der Waals surface area contributed by atoms with Gasteiger partial charge in [0.15, 0.2) is 0 Å². The fourth-order valence-corrected chi connectivity index (χ4v) is 1.95. The summed E-state index contributed by atoms with van der Waals surface area (Å²) in [5, 5.41) is 13.7. The number of aliphatic hydroxyl groups is 1. The van der Waals surface area contributed by atoms with E-state index >= 15 is 0 Å². The first kappa shape index (κ1) is 13.7. The van der Waals surface area contributed by atoms with Crippen molar-refractivity contribution in [1.82, 2.24) is 10.3 Å². The summed E-state index contributed by atoms with van der Waals surface area (Å²) in [5.41, 5.74) is 2.22. The minimum absolute atomic E-state index is 0.493. The Bertz CT molecular complexity index is 506. The molecule has 0 fully saturated rings. The van der Waals surface area contributed by atoms with Crippen LogP contribution in [0.25, 0.3) is 0 Å². The van der Waals surface area contributed by atoms with Crippen molar-refractivity contribution in [3.63, 3.8) is 0 Å². The monoisotopic (exact) mass is 256 g/mol. The van der Waals surface area contributed by atoms with Crippen LogP contribution in [0.3, 0.4) is 0 Å². The largest absolute Gasteiger partial charge is 0.384 e. The topological polar surface area (TPSA) is 45.1 Å². The van der Waals surface area contributed by atoms with Gasteiger partial charge in [-0.25, -0.2) is 0 Å². The number of nitrogens with zero attached hydrogens (tertiary/aromatic N) is 1. The molecule has 19 heavy (non-hydrogen) atoms. The van der Waals surface area contributed by atoms with E-state index in [0.29, 0.717) is 13.1 Å². The molecule has 0 saturated carbocycles. The van der Waals surface area contributed by atoms with Crippen molar-refractivity contribution in [3.05, 3.63) is 65.5 Å². The first-order valence-electron chi connectivity index (χ1n) is 6.48. The van der Waals surface area contributed by atoms with E-state index in [-0.39, 0.29) is 0 Å². The Hall–Kier alpha value is -1.71. The Morgan fingerprint density at radius 2 is 1.89 bits per heavy atom. The highest BCUT2D eigenvalue weighted by Crippen LogP contribution is 2.20. The number of hydrogen-bond acceptors (Lipinski definition) is 3. The third-order valence-corrected chi connectivity index (χ3v) is 3.17. The fourth-order valence-electron chi connectivity index (χ4n) is 1.95. The van der Waals surface area contributed by atoms with Crippen LogP contribution < -0.4 is 5.32 Å². The first-order valence-corrected chi connectivity index (χ1v) is 6.48. The van der Waals surface area contributed by atoms with Gasteiger partial charge in [-0.05, 0) is 31.5 Å². The van der Waals surface area contributed by atoms with Gasteiger partial charge in [-0.15, -0.1) is 0 Å². The highest BCUT2D eigenvalue weighted by atomic mass is 16.3. The zero-order chi connectivity index (χ0) is 13.7. The minimum atomic E-state index is -0.873. The Kier molecular flexibility index (Phi) is 4.30. The summed E-state index contributed by atoms with van der Waals surface area (Å²) >= 11 is 0. The van der Waals surface area contributed by atoms with Gasteiger partial charge in [0, 0.05) is 19.3 Å². The van der Waals surface area contributed by atoms with Gasteiger partial charge in [-0.1, -0.05) is 35.9 Å². The normalized spacial score (nSPS) is 14.1. The van der Waals surface area contributed by atoms with Crippen LogP contribution >= 0.6 is 0 Å². The van der Waals surface area contributed by atoms with Gasteiger partial charge in [-0.2, -0.15) is 0 Å². The van der Waals surface area contributed by atoms with E-state index in [1.54, 1.807) is 6.20 Å². The maximum Gasteiger partial charge on any atom is 0.0992 e. The lowest BCUT2D eigenvalue weighted by Crippen LogP contribution is -2.35. The molecule has 2 aromatic rings. The zero-order valence-corrected chi connectivity index (χ0v) is 11.4. The highest BCUT2D eigenvalue weighted by Gasteiger charge is 2.22. The Labute approximate surface area is 114 Å². The second-order valence-electron chi connectivity index (χ2n) is 5.06. The summed E-state index contributed by atoms with van der Waals surface area (Å²) < 4.78 is 0. The molecular weight excluding hydrogens is 236 g/mol. The molecule has 0 aliphatic heterocycles. The third-order valence-electron chi connectivity index (χ3n) is 3.17. The quantitative estimate of drug-likeness (QED) is 0.863. The smallest absolute Gasteiger partial charge is 0.0992 e. The molecule has 100 valence electrons. The number of aromatic nitrogens is 1. The predicted octanol–water partition coefficient (Wildman–Crippen LogP) is 2.39. The Morgan fingerprint density at radius 1 is 1.16 bits per heavy atom. The molecule has 1 heterocycles. The van der Waals surface area contributed by atoms with Gasteiger partial charge in [0.05, 0.1) is 11.3 Å². The van der Waals surface area contributed by atoms with E-state index in [2.05, 4.69) is 10.3 Å². The molecule has 2 rings (SSSR count). The Balaban J connectivity index is 1.92. The van der Waals surface area contributed by atoms with Gasteiger partial charge >= 0.3 is 0 Å². The molecule has 1 aromatic heterocycles. The standard InChI is InChI=1S/C16H20N2O/c1-13-6-8-14(9-7-13)16(2,19)12-17-11-15-5-3-4-10-18-15/h3-10,17,19H,11-12H2,1-2H3. The minimum Gasteiger partial charge on any atom is -0.384 e. The van der Waals surface area contributed by atoms with Crippen LogP contribution in [0.1, 0.15) is 23.7 Å². The summed E-state index contributed by atoms with van der Waals surface area (Å²) in [7, 11) is 0. The summed E-state index contributed by atoms with van der Waals surface area (Å²) in [6, 6.07) is 13.8. The number of benzene rings is 1. The lowest BCUT2D eigenvalue weighted by molar-refractivity contribution is 0.0566. The molecular formula is C16H20N2O. The van der Waals surface area contributed by atoms with Crippen molar-refractivity contribution >= 4 is 0 Å². The molecule has 1 aromatic carbocycles. The first-order chi connectivity index (χ1) is 9.08. The number of nitrogens with one attached hydrogen (secondary N) is 1. The SMILES string of the molecule is Cc1ccc(C(C)(O)CNCc2ccccn2)cc1. The predicted molar refractivity (Wildman–Crippen MR) is 76.7 cm³/mol. The maximum atomic E-state index is 10.5. The van der Waals surface area contributed by atoms with Crippen LogP contribution in [0.4, 0.5) is 0 Å². The molecule has 0 radical (unpaired) electrons. The van der Waals surface area contributed by atoms with Gasteiger partial charge in [0.1, 0.15) is 0 Å². The van der Waals surface area contributed by atoms with Crippen molar-refractivity contribution in [2.24, 2.45) is 0 Å². The summed E-state index contributed by atoms with van der Waals surface area (Å²) in [6.45, 7) is 5.01. The van der Waals surface area contributed by atoms with E-state index in [4.69, 9.17) is 0 Å². The van der Waals surface area contributed by atoms with Gasteiger partial charge in [0.25, 0.3) is 0 Å². The van der Waals surface area contributed by atoms with E-state index in [9.17, 15) is 5.11 Å². The molecule has 2 N–H and O–H groups in total. The molecule has 3 nitrogen and oxygen atoms in total. The van der Waals surface area contributed by atoms with E-state index in [1.165, 1.54) is 5.56 Å². The molecule has 0 aliphatic rings. The highest BCUT2D eigenvalue weighted by molar-refractivity contribution is 5.26. The fraction of sp³-hybridized carbons (Fsp3) is 0.312. The molecule has 0 amide bonds. The average molecular weight is 256 g/mol. The van der Waals surface area contributed by atoms with Crippen LogP contribution in [0, 0.1) is 6.92 Å². The van der Waals surface area contributed by atoms with Crippen molar-refractivity contribution < 1.29 is 5.11 Å². The lowest BCUT2D eigenvalue weighted by atomic mass is 9.95. The van der Waals surface area contributed by atoms with E-state index < -0.39 is 5.60 Å². The second-order valence-corrected chi connectivity index (χ2v) is 5.06. The number of pyridine rings is 1. The van der Waals surface area contributed by atoms with Crippen LogP contribution in [0.15, 0.2) is 48.7 Å². The molecule has 0 saturated heterocycles. The van der Waals surface area contributed by atoms with Gasteiger partial charge < -0.3 is 10.4 Å². The Morgan fingerprint density at radius 3 is 2.53 bits per heavy atom. The zero-order valence-electron chi connectivity index (χ0n) is 11.4. The summed E-state index contributed by atoms with van der Waals surface area (Å²) in [5.74, 6) is 0. The third kappa shape index (κ3) is 3.88. The molecule has 0 aliphatic carbocycles. The molecule has 1 unspecified atom stereocenters. The van der Waals surface area contributed by atoms with Crippen LogP contribution in [0.2, 0.25) is 0 Å². The van der Waals surface area contributed by atoms with Crippen molar-refractivity contribution in [2.45, 2.75) is 26.0 Å². The number of aryl methyl sites for hydroxylation is 1. The molecule has 0 spiro atoms. The maximum absolute atomic E-state index is 10.5. The molecule has 1 atom stereocenters. The van der Waals surface area contributed by atoms with Crippen molar-refractivity contribution in [1.29, 1.82) is 0 Å². The summed E-state index contributed by atoms with van der Waals surface area (Å²) in [6.07, 6.45) is 1.77. The van der Waals surface area contributed by atoms with Crippen LogP contribution in [0.5, 0.6) is 0 Å². The van der Waals surface area contributed by atoms with Crippen molar-refractivity contribution in [3.8, 4) is 0 Å². The number of rotatable bonds is 5. The number of hydrogen-bond donors (Lipinski definition) is 2. The second kappa shape index (κ2) is 5.95. The molecule has 3 heteroatoms. The van der Waals surface area contributed by atoms with E-state index in [1.807, 2.05) is 56.3 Å². The lowest BCUT2D eigenvalue weighted by Gasteiger charge is -2.24.